The zero-order chi connectivity index (χ0) is 18.1. The number of aromatic nitrogens is 2. The molecule has 1 aromatic carbocycles. The molecule has 136 valence electrons. The summed E-state index contributed by atoms with van der Waals surface area (Å²) in [6.07, 6.45) is 8.45. The largest absolute Gasteiger partial charge is 0.480 e. The molecule has 1 saturated heterocycles. The molecule has 1 aliphatic heterocycles. The Kier molecular flexibility index (Phi) is 4.46. The quantitative estimate of drug-likeness (QED) is 0.822. The molecule has 0 radical (unpaired) electrons. The number of carbonyl (C=O) groups excluding carboxylic acids is 1. The minimum atomic E-state index is -0.819. The number of carboxylic acid groups (broad SMARTS) is 1. The minimum Gasteiger partial charge on any atom is -0.480 e. The zero-order valence-corrected chi connectivity index (χ0v) is 14.4. The molecule has 1 saturated carbocycles. The Hall–Kier alpha value is -2.67. The SMILES string of the molecule is O=C(O)C1CCC(C(=O)NCc2cccc(-n3ccnc3)c2)N1C1CC1. The lowest BCUT2D eigenvalue weighted by atomic mass is 10.1. The number of nitrogens with zero attached hydrogens (tertiary/aromatic N) is 3. The second kappa shape index (κ2) is 6.92. The molecule has 2 heterocycles. The van der Waals surface area contributed by atoms with E-state index in [1.165, 1.54) is 0 Å². The number of benzene rings is 1. The molecule has 7 nitrogen and oxygen atoms in total. The van der Waals surface area contributed by atoms with Gasteiger partial charge in [0.25, 0.3) is 0 Å². The van der Waals surface area contributed by atoms with Crippen LogP contribution in [0.5, 0.6) is 0 Å². The molecule has 2 aromatic rings. The van der Waals surface area contributed by atoms with Gasteiger partial charge in [-0.25, -0.2) is 4.98 Å². The summed E-state index contributed by atoms with van der Waals surface area (Å²) in [4.78, 5) is 30.1. The van der Waals surface area contributed by atoms with Crippen LogP contribution >= 0.6 is 0 Å². The van der Waals surface area contributed by atoms with Crippen molar-refractivity contribution in [3.8, 4) is 5.69 Å². The van der Waals surface area contributed by atoms with Crippen molar-refractivity contribution in [3.05, 3.63) is 48.5 Å². The zero-order valence-electron chi connectivity index (χ0n) is 14.4. The molecule has 2 fully saturated rings. The molecule has 2 N–H and O–H groups in total. The molecule has 1 aromatic heterocycles. The summed E-state index contributed by atoms with van der Waals surface area (Å²) in [5.41, 5.74) is 1.98. The summed E-state index contributed by atoms with van der Waals surface area (Å²) >= 11 is 0. The van der Waals surface area contributed by atoms with Crippen LogP contribution in [0.15, 0.2) is 43.0 Å². The van der Waals surface area contributed by atoms with Crippen LogP contribution < -0.4 is 5.32 Å². The summed E-state index contributed by atoms with van der Waals surface area (Å²) in [7, 11) is 0. The molecule has 2 atom stereocenters. The highest BCUT2D eigenvalue weighted by atomic mass is 16.4. The number of imidazole rings is 1. The molecule has 0 spiro atoms. The van der Waals surface area contributed by atoms with Crippen molar-refractivity contribution in [3.63, 3.8) is 0 Å². The third-order valence-electron chi connectivity index (χ3n) is 5.17. The lowest BCUT2D eigenvalue weighted by Gasteiger charge is -2.27. The van der Waals surface area contributed by atoms with Crippen LogP contribution in [0.25, 0.3) is 5.69 Å². The van der Waals surface area contributed by atoms with Crippen LogP contribution in [0.1, 0.15) is 31.2 Å². The Bertz CT molecular complexity index is 801. The Morgan fingerprint density at radius 3 is 2.69 bits per heavy atom. The van der Waals surface area contributed by atoms with Gasteiger partial charge in [0, 0.05) is 30.7 Å². The fourth-order valence-electron chi connectivity index (χ4n) is 3.78. The smallest absolute Gasteiger partial charge is 0.320 e. The highest BCUT2D eigenvalue weighted by Gasteiger charge is 2.48. The van der Waals surface area contributed by atoms with Crippen LogP contribution in [0.2, 0.25) is 0 Å². The normalized spacial score (nSPS) is 23.1. The lowest BCUT2D eigenvalue weighted by Crippen LogP contribution is -2.49. The first-order chi connectivity index (χ1) is 12.6. The first-order valence-corrected chi connectivity index (χ1v) is 8.99. The highest BCUT2D eigenvalue weighted by Crippen LogP contribution is 2.37. The molecule has 4 rings (SSSR count). The first kappa shape index (κ1) is 16.8. The maximum Gasteiger partial charge on any atom is 0.320 e. The maximum atomic E-state index is 12.7. The van der Waals surface area contributed by atoms with Gasteiger partial charge in [0.05, 0.1) is 12.4 Å². The van der Waals surface area contributed by atoms with Gasteiger partial charge in [0.1, 0.15) is 6.04 Å². The second-order valence-electron chi connectivity index (χ2n) is 6.98. The summed E-state index contributed by atoms with van der Waals surface area (Å²) in [5, 5.41) is 12.4. The third-order valence-corrected chi connectivity index (χ3v) is 5.17. The fourth-order valence-corrected chi connectivity index (χ4v) is 3.78. The number of aliphatic carboxylic acids is 1. The van der Waals surface area contributed by atoms with E-state index < -0.39 is 12.0 Å². The number of nitrogens with one attached hydrogen (secondary N) is 1. The van der Waals surface area contributed by atoms with Crippen molar-refractivity contribution in [2.24, 2.45) is 0 Å². The van der Waals surface area contributed by atoms with Gasteiger partial charge in [-0.2, -0.15) is 0 Å². The van der Waals surface area contributed by atoms with E-state index >= 15 is 0 Å². The van der Waals surface area contributed by atoms with Crippen LogP contribution in [0, 0.1) is 0 Å². The number of likely N-dealkylation sites (tertiary alicyclic amines) is 1. The number of amides is 1. The van der Waals surface area contributed by atoms with Crippen LogP contribution in [0.3, 0.4) is 0 Å². The summed E-state index contributed by atoms with van der Waals surface area (Å²) < 4.78 is 1.91. The fraction of sp³-hybridized carbons (Fsp3) is 0.421. The van der Waals surface area contributed by atoms with E-state index in [-0.39, 0.29) is 18.0 Å². The lowest BCUT2D eigenvalue weighted by molar-refractivity contribution is -0.143. The van der Waals surface area contributed by atoms with Gasteiger partial charge in [-0.05, 0) is 43.4 Å². The monoisotopic (exact) mass is 354 g/mol. The van der Waals surface area contributed by atoms with E-state index in [0.717, 1.165) is 24.1 Å². The van der Waals surface area contributed by atoms with E-state index in [1.54, 1.807) is 12.5 Å². The average Bonchev–Trinajstić information content (AvgIpc) is 3.16. The maximum absolute atomic E-state index is 12.7. The van der Waals surface area contributed by atoms with Crippen molar-refractivity contribution < 1.29 is 14.7 Å². The van der Waals surface area contributed by atoms with E-state index in [0.29, 0.717) is 19.4 Å². The molecule has 1 aliphatic carbocycles. The van der Waals surface area contributed by atoms with E-state index in [4.69, 9.17) is 0 Å². The van der Waals surface area contributed by atoms with E-state index in [1.807, 2.05) is 39.9 Å². The molecular weight excluding hydrogens is 332 g/mol. The summed E-state index contributed by atoms with van der Waals surface area (Å²) in [6, 6.07) is 7.30. The van der Waals surface area contributed by atoms with Crippen LogP contribution in [0.4, 0.5) is 0 Å². The van der Waals surface area contributed by atoms with Gasteiger partial charge in [0.2, 0.25) is 5.91 Å². The van der Waals surface area contributed by atoms with Gasteiger partial charge in [-0.15, -0.1) is 0 Å². The summed E-state index contributed by atoms with van der Waals surface area (Å²) in [6.45, 7) is 0.425. The van der Waals surface area contributed by atoms with E-state index in [2.05, 4.69) is 10.3 Å². The number of hydrogen-bond acceptors (Lipinski definition) is 4. The van der Waals surface area contributed by atoms with Crippen LogP contribution in [-0.4, -0.2) is 49.6 Å². The van der Waals surface area contributed by atoms with Crippen molar-refractivity contribution in [2.45, 2.75) is 50.4 Å². The molecule has 7 heteroatoms. The van der Waals surface area contributed by atoms with Gasteiger partial charge in [0.15, 0.2) is 0 Å². The van der Waals surface area contributed by atoms with Gasteiger partial charge >= 0.3 is 5.97 Å². The van der Waals surface area contributed by atoms with Crippen LogP contribution in [-0.2, 0) is 16.1 Å². The van der Waals surface area contributed by atoms with Gasteiger partial charge in [-0.3, -0.25) is 14.5 Å². The standard InChI is InChI=1S/C19H22N4O3/c24-18(16-6-7-17(19(25)26)23(16)14-4-5-14)21-11-13-2-1-3-15(10-13)22-9-8-20-12-22/h1-3,8-10,12,14,16-17H,4-7,11H2,(H,21,24)(H,25,26). The van der Waals surface area contributed by atoms with Crippen molar-refractivity contribution >= 4 is 11.9 Å². The van der Waals surface area contributed by atoms with Gasteiger partial charge < -0.3 is 15.0 Å². The minimum absolute atomic E-state index is 0.0753. The highest BCUT2D eigenvalue weighted by molar-refractivity contribution is 5.84. The molecule has 0 bridgehead atoms. The molecular formula is C19H22N4O3. The molecule has 2 unspecified atom stereocenters. The molecule has 1 amide bonds. The topological polar surface area (TPSA) is 87.5 Å². The second-order valence-corrected chi connectivity index (χ2v) is 6.98. The molecule has 2 aliphatic rings. The predicted octanol–water partition coefficient (Wildman–Crippen LogP) is 1.57. The Balaban J connectivity index is 1.41. The Morgan fingerprint density at radius 1 is 1.19 bits per heavy atom. The average molecular weight is 354 g/mol. The third kappa shape index (κ3) is 3.35. The van der Waals surface area contributed by atoms with Crippen molar-refractivity contribution in [2.75, 3.05) is 0 Å². The summed E-state index contributed by atoms with van der Waals surface area (Å²) in [5.74, 6) is -0.895. The Labute approximate surface area is 151 Å². The molecule has 26 heavy (non-hydrogen) atoms. The Morgan fingerprint density at radius 2 is 2.00 bits per heavy atom. The van der Waals surface area contributed by atoms with Gasteiger partial charge in [-0.1, -0.05) is 12.1 Å². The first-order valence-electron chi connectivity index (χ1n) is 8.99. The van der Waals surface area contributed by atoms with E-state index in [9.17, 15) is 14.7 Å². The number of hydrogen-bond donors (Lipinski definition) is 2. The number of rotatable bonds is 6. The number of carbonyl (C=O) groups is 2. The predicted molar refractivity (Wildman–Crippen MR) is 94.7 cm³/mol. The van der Waals surface area contributed by atoms with Crippen molar-refractivity contribution in [1.82, 2.24) is 19.8 Å². The number of carboxylic acids is 1. The van der Waals surface area contributed by atoms with Crippen molar-refractivity contribution in [1.29, 1.82) is 0 Å².